The predicted octanol–water partition coefficient (Wildman–Crippen LogP) is -0.856. The molecule has 0 aliphatic heterocycles. The van der Waals surface area contributed by atoms with Crippen LogP contribution in [0.5, 0.6) is 5.75 Å². The van der Waals surface area contributed by atoms with Crippen LogP contribution < -0.4 is 61.6 Å². The van der Waals surface area contributed by atoms with Gasteiger partial charge in [-0.1, -0.05) is 12.1 Å². The van der Waals surface area contributed by atoms with Crippen LogP contribution in [0.1, 0.15) is 6.92 Å². The van der Waals surface area contributed by atoms with E-state index >= 15 is 0 Å². The van der Waals surface area contributed by atoms with Crippen LogP contribution in [0.25, 0.3) is 0 Å². The van der Waals surface area contributed by atoms with Crippen molar-refractivity contribution in [2.45, 2.75) is 6.92 Å². The van der Waals surface area contributed by atoms with Crippen molar-refractivity contribution >= 4 is 12.4 Å². The van der Waals surface area contributed by atoms with Gasteiger partial charge >= 0.3 is 58.4 Å². The van der Waals surface area contributed by atoms with Gasteiger partial charge in [-0.05, 0) is 19.1 Å². The topological polar surface area (TPSA) is 9.23 Å². The average Bonchev–Trinajstić information content (AvgIpc) is 2.04. The molecule has 0 aliphatic carbocycles. The van der Waals surface area contributed by atoms with Crippen molar-refractivity contribution in [1.29, 1.82) is 0 Å². The zero-order valence-corrected chi connectivity index (χ0v) is 11.3. The van der Waals surface area contributed by atoms with Crippen molar-refractivity contribution in [1.82, 2.24) is 0 Å². The van der Waals surface area contributed by atoms with Crippen LogP contribution >= 0.6 is 0 Å². The largest absolute Gasteiger partial charge is 1.00 e. The molecule has 6 heteroatoms. The van der Waals surface area contributed by atoms with E-state index in [0.29, 0.717) is 6.61 Å². The van der Waals surface area contributed by atoms with Gasteiger partial charge in [-0.2, -0.15) is 0 Å². The molecule has 0 aromatic heterocycles. The Morgan fingerprint density at radius 2 is 1.93 bits per heavy atom. The maximum absolute atomic E-state index is 12.2. The first kappa shape index (κ1) is 14.5. The van der Waals surface area contributed by atoms with Crippen molar-refractivity contribution in [3.8, 4) is 5.75 Å². The third kappa shape index (κ3) is 4.35. The van der Waals surface area contributed by atoms with E-state index in [9.17, 15) is 12.9 Å². The first-order valence-corrected chi connectivity index (χ1v) is 3.96. The van der Waals surface area contributed by atoms with Crippen molar-refractivity contribution in [3.63, 3.8) is 0 Å². The molecule has 0 atom stereocenters. The minimum Gasteiger partial charge on any atom is -0.494 e. The molecule has 1 aromatic carbocycles. The van der Waals surface area contributed by atoms with E-state index in [1.807, 2.05) is 0 Å². The third-order valence-electron chi connectivity index (χ3n) is 1.55. The summed E-state index contributed by atoms with van der Waals surface area (Å²) in [5, 5.41) is 0. The fourth-order valence-corrected chi connectivity index (χ4v) is 0.975. The number of halogens is 3. The van der Waals surface area contributed by atoms with Gasteiger partial charge < -0.3 is 17.7 Å². The Morgan fingerprint density at radius 1 is 1.29 bits per heavy atom. The molecular formula is C8H9BF3KO. The van der Waals surface area contributed by atoms with Crippen LogP contribution in [-0.2, 0) is 0 Å². The Morgan fingerprint density at radius 3 is 2.43 bits per heavy atom. The predicted molar refractivity (Wildman–Crippen MR) is 46.3 cm³/mol. The van der Waals surface area contributed by atoms with Gasteiger partial charge in [-0.3, -0.25) is 0 Å². The molecule has 0 unspecified atom stereocenters. The summed E-state index contributed by atoms with van der Waals surface area (Å²) < 4.78 is 41.6. The number of hydrogen-bond acceptors (Lipinski definition) is 1. The van der Waals surface area contributed by atoms with E-state index in [1.165, 1.54) is 12.1 Å². The molecule has 1 aromatic rings. The van der Waals surface area contributed by atoms with E-state index < -0.39 is 12.4 Å². The molecule has 14 heavy (non-hydrogen) atoms. The molecule has 0 N–H and O–H groups in total. The number of rotatable bonds is 3. The van der Waals surface area contributed by atoms with Crippen LogP contribution in [0.15, 0.2) is 24.3 Å². The summed E-state index contributed by atoms with van der Waals surface area (Å²) in [7, 11) is 0. The molecule has 72 valence electrons. The molecule has 1 rings (SSSR count). The smallest absolute Gasteiger partial charge is 0.494 e. The van der Waals surface area contributed by atoms with Crippen LogP contribution in [-0.4, -0.2) is 13.6 Å². The van der Waals surface area contributed by atoms with Gasteiger partial charge in [0.05, 0.1) is 6.61 Å². The van der Waals surface area contributed by atoms with Gasteiger partial charge in [-0.15, -0.1) is 5.46 Å². The van der Waals surface area contributed by atoms with Crippen molar-refractivity contribution < 1.29 is 69.1 Å². The first-order valence-electron chi connectivity index (χ1n) is 3.96. The standard InChI is InChI=1S/C8H9BF3O.K/c1-2-13-8-5-3-4-7(6-8)9(10,11)12;/h3-6H,2H2,1H3;/q-1;+1. The molecule has 0 saturated carbocycles. The van der Waals surface area contributed by atoms with Crippen molar-refractivity contribution in [2.24, 2.45) is 0 Å². The van der Waals surface area contributed by atoms with Gasteiger partial charge in [0.25, 0.3) is 0 Å². The summed E-state index contributed by atoms with van der Waals surface area (Å²) in [6, 6.07) is 4.91. The summed E-state index contributed by atoms with van der Waals surface area (Å²) >= 11 is 0. The molecule has 0 bridgehead atoms. The van der Waals surface area contributed by atoms with E-state index in [1.54, 1.807) is 6.92 Å². The Kier molecular flexibility index (Phi) is 6.40. The summed E-state index contributed by atoms with van der Waals surface area (Å²) in [6.45, 7) is -2.82. The third-order valence-corrected chi connectivity index (χ3v) is 1.55. The molecule has 0 heterocycles. The Bertz CT molecular complexity index is 290. The van der Waals surface area contributed by atoms with E-state index in [2.05, 4.69) is 0 Å². The first-order chi connectivity index (χ1) is 6.04. The van der Waals surface area contributed by atoms with Gasteiger partial charge in [0.2, 0.25) is 0 Å². The summed E-state index contributed by atoms with van der Waals surface area (Å²) in [6.07, 6.45) is 0. The molecule has 0 radical (unpaired) electrons. The normalized spacial score (nSPS) is 10.6. The second kappa shape index (κ2) is 6.17. The maximum Gasteiger partial charge on any atom is 1.00 e. The second-order valence-corrected chi connectivity index (χ2v) is 2.58. The van der Waals surface area contributed by atoms with Gasteiger partial charge in [0.1, 0.15) is 5.75 Å². The number of hydrogen-bond donors (Lipinski definition) is 0. The molecule has 0 fully saturated rings. The van der Waals surface area contributed by atoms with E-state index in [4.69, 9.17) is 4.74 Å². The monoisotopic (exact) mass is 228 g/mol. The molecule has 0 saturated heterocycles. The van der Waals surface area contributed by atoms with Crippen molar-refractivity contribution in [2.75, 3.05) is 6.61 Å². The average molecular weight is 228 g/mol. The summed E-state index contributed by atoms with van der Waals surface area (Å²) in [4.78, 5) is 0. The van der Waals surface area contributed by atoms with Crippen LogP contribution in [0, 0.1) is 0 Å². The van der Waals surface area contributed by atoms with Gasteiger partial charge in [-0.25, -0.2) is 0 Å². The van der Waals surface area contributed by atoms with E-state index in [0.717, 1.165) is 12.1 Å². The van der Waals surface area contributed by atoms with Crippen LogP contribution in [0.4, 0.5) is 12.9 Å². The molecular weight excluding hydrogens is 219 g/mol. The maximum atomic E-state index is 12.2. The number of ether oxygens (including phenoxy) is 1. The van der Waals surface area contributed by atoms with Crippen LogP contribution in [0.3, 0.4) is 0 Å². The number of benzene rings is 1. The van der Waals surface area contributed by atoms with Crippen molar-refractivity contribution in [3.05, 3.63) is 24.3 Å². The fourth-order valence-electron chi connectivity index (χ4n) is 0.975. The molecule has 0 amide bonds. The van der Waals surface area contributed by atoms with Crippen LogP contribution in [0.2, 0.25) is 0 Å². The Labute approximate surface area is 123 Å². The molecule has 0 spiro atoms. The SMILES string of the molecule is CCOc1cccc([B-](F)(F)F)c1.[K+]. The summed E-state index contributed by atoms with van der Waals surface area (Å²) in [5.74, 6) is 0.263. The minimum absolute atomic E-state index is 0. The molecule has 0 aliphatic rings. The zero-order valence-electron chi connectivity index (χ0n) is 8.14. The van der Waals surface area contributed by atoms with E-state index in [-0.39, 0.29) is 57.1 Å². The fraction of sp³-hybridized carbons (Fsp3) is 0.250. The second-order valence-electron chi connectivity index (χ2n) is 2.58. The molecule has 1 nitrogen and oxygen atoms in total. The Balaban J connectivity index is 0.00000169. The zero-order chi connectivity index (χ0) is 9.90. The summed E-state index contributed by atoms with van der Waals surface area (Å²) in [5.41, 5.74) is -0.619. The quantitative estimate of drug-likeness (QED) is 0.612. The minimum atomic E-state index is -4.92. The Hall–Kier alpha value is 0.511. The van der Waals surface area contributed by atoms with Gasteiger partial charge in [0.15, 0.2) is 0 Å². The van der Waals surface area contributed by atoms with Gasteiger partial charge in [0, 0.05) is 0 Å².